The number of para-hydroxylation sites is 1. The van der Waals surface area contributed by atoms with Gasteiger partial charge in [-0.05, 0) is 44.8 Å². The van der Waals surface area contributed by atoms with E-state index in [4.69, 9.17) is 4.74 Å². The third-order valence-corrected chi connectivity index (χ3v) is 5.24. The zero-order valence-corrected chi connectivity index (χ0v) is 12.8. The Bertz CT molecular complexity index is 681. The van der Waals surface area contributed by atoms with Gasteiger partial charge in [0, 0.05) is 29.1 Å². The number of rotatable bonds is 3. The standard InChI is InChI=1S/C18H22N2O2/c21-17(15-11-19-16-6-2-1-5-14(15)16)22-13-18-7-3-9-20(12-18)10-4-8-18/h1-2,5-6,11,19H,3-4,7-10,12-13H2. The van der Waals surface area contributed by atoms with Crippen LogP contribution in [0.5, 0.6) is 0 Å². The second-order valence-corrected chi connectivity index (χ2v) is 6.81. The molecule has 0 unspecified atom stereocenters. The molecular weight excluding hydrogens is 276 g/mol. The number of hydrogen-bond donors (Lipinski definition) is 1. The van der Waals surface area contributed by atoms with E-state index in [9.17, 15) is 4.79 Å². The van der Waals surface area contributed by atoms with Crippen LogP contribution in [0, 0.1) is 5.41 Å². The van der Waals surface area contributed by atoms with Crippen LogP contribution in [-0.2, 0) is 4.74 Å². The molecule has 1 aromatic carbocycles. The summed E-state index contributed by atoms with van der Waals surface area (Å²) in [5, 5.41) is 0.943. The molecule has 2 aliphatic heterocycles. The highest BCUT2D eigenvalue weighted by Crippen LogP contribution is 2.38. The van der Waals surface area contributed by atoms with Crippen LogP contribution in [0.2, 0.25) is 0 Å². The molecule has 0 amide bonds. The van der Waals surface area contributed by atoms with Crippen LogP contribution >= 0.6 is 0 Å². The lowest BCUT2D eigenvalue weighted by Crippen LogP contribution is -2.50. The van der Waals surface area contributed by atoms with Crippen molar-refractivity contribution in [1.82, 2.24) is 9.88 Å². The molecule has 4 nitrogen and oxygen atoms in total. The summed E-state index contributed by atoms with van der Waals surface area (Å²) >= 11 is 0. The monoisotopic (exact) mass is 298 g/mol. The summed E-state index contributed by atoms with van der Waals surface area (Å²) < 4.78 is 5.72. The summed E-state index contributed by atoms with van der Waals surface area (Å²) in [5.41, 5.74) is 1.82. The van der Waals surface area contributed by atoms with Gasteiger partial charge in [-0.25, -0.2) is 4.79 Å². The minimum Gasteiger partial charge on any atom is -0.461 e. The highest BCUT2D eigenvalue weighted by atomic mass is 16.5. The molecule has 0 saturated carbocycles. The van der Waals surface area contributed by atoms with E-state index in [1.165, 1.54) is 38.8 Å². The Morgan fingerprint density at radius 2 is 2.00 bits per heavy atom. The number of carbonyl (C=O) groups excluding carboxylic acids is 1. The first-order valence-corrected chi connectivity index (χ1v) is 8.21. The van der Waals surface area contributed by atoms with Crippen LogP contribution in [0.15, 0.2) is 30.5 Å². The Balaban J connectivity index is 1.48. The van der Waals surface area contributed by atoms with Crippen molar-refractivity contribution in [3.8, 4) is 0 Å². The van der Waals surface area contributed by atoms with Gasteiger partial charge in [0.25, 0.3) is 0 Å². The van der Waals surface area contributed by atoms with E-state index in [2.05, 4.69) is 9.88 Å². The maximum absolute atomic E-state index is 12.5. The number of aromatic amines is 1. The van der Waals surface area contributed by atoms with E-state index in [1.807, 2.05) is 24.3 Å². The summed E-state index contributed by atoms with van der Waals surface area (Å²) in [4.78, 5) is 18.1. The van der Waals surface area contributed by atoms with Crippen LogP contribution in [0.3, 0.4) is 0 Å². The number of esters is 1. The Morgan fingerprint density at radius 3 is 2.82 bits per heavy atom. The quantitative estimate of drug-likeness (QED) is 0.885. The van der Waals surface area contributed by atoms with E-state index >= 15 is 0 Å². The van der Waals surface area contributed by atoms with E-state index in [-0.39, 0.29) is 11.4 Å². The lowest BCUT2D eigenvalue weighted by Gasteiger charge is -2.46. The molecule has 1 N–H and O–H groups in total. The molecule has 2 saturated heterocycles. The number of benzene rings is 1. The van der Waals surface area contributed by atoms with Crippen molar-refractivity contribution < 1.29 is 9.53 Å². The molecule has 0 spiro atoms. The van der Waals surface area contributed by atoms with Crippen molar-refractivity contribution in [2.24, 2.45) is 5.41 Å². The summed E-state index contributed by atoms with van der Waals surface area (Å²) in [7, 11) is 0. The third-order valence-electron chi connectivity index (χ3n) is 5.24. The molecule has 4 heteroatoms. The first-order chi connectivity index (χ1) is 10.8. The van der Waals surface area contributed by atoms with Crippen LogP contribution in [0.4, 0.5) is 0 Å². The summed E-state index contributed by atoms with van der Waals surface area (Å²) in [5.74, 6) is -0.200. The van der Waals surface area contributed by atoms with Crippen LogP contribution in [0.1, 0.15) is 36.0 Å². The highest BCUT2D eigenvalue weighted by molar-refractivity contribution is 6.03. The van der Waals surface area contributed by atoms with Crippen molar-refractivity contribution in [2.75, 3.05) is 26.2 Å². The largest absolute Gasteiger partial charge is 0.461 e. The first kappa shape index (κ1) is 13.8. The Labute approximate surface area is 130 Å². The van der Waals surface area contributed by atoms with Crippen LogP contribution < -0.4 is 0 Å². The van der Waals surface area contributed by atoms with Crippen LogP contribution in [0.25, 0.3) is 10.9 Å². The van der Waals surface area contributed by atoms with Crippen molar-refractivity contribution in [3.05, 3.63) is 36.0 Å². The van der Waals surface area contributed by atoms with Gasteiger partial charge >= 0.3 is 5.97 Å². The van der Waals surface area contributed by atoms with Gasteiger partial charge in [-0.15, -0.1) is 0 Å². The van der Waals surface area contributed by atoms with Crippen LogP contribution in [-0.4, -0.2) is 42.1 Å². The number of nitrogens with zero attached hydrogens (tertiary/aromatic N) is 1. The molecule has 2 aromatic rings. The van der Waals surface area contributed by atoms with Gasteiger partial charge in [-0.2, -0.15) is 0 Å². The maximum atomic E-state index is 12.5. The lowest BCUT2D eigenvalue weighted by molar-refractivity contribution is -0.0235. The van der Waals surface area contributed by atoms with Crippen molar-refractivity contribution >= 4 is 16.9 Å². The molecule has 2 aliphatic rings. The molecule has 0 aliphatic carbocycles. The molecule has 22 heavy (non-hydrogen) atoms. The molecule has 116 valence electrons. The number of hydrogen-bond acceptors (Lipinski definition) is 3. The minimum atomic E-state index is -0.200. The highest BCUT2D eigenvalue weighted by Gasteiger charge is 2.39. The average Bonchev–Trinajstić information content (AvgIpc) is 2.97. The smallest absolute Gasteiger partial charge is 0.340 e. The second kappa shape index (κ2) is 5.43. The number of ether oxygens (including phenoxy) is 1. The number of fused-ring (bicyclic) bond motifs is 3. The van der Waals surface area contributed by atoms with E-state index in [0.29, 0.717) is 12.2 Å². The topological polar surface area (TPSA) is 45.3 Å². The van der Waals surface area contributed by atoms with E-state index in [0.717, 1.165) is 17.4 Å². The van der Waals surface area contributed by atoms with Gasteiger partial charge in [0.1, 0.15) is 0 Å². The minimum absolute atomic E-state index is 0.193. The SMILES string of the molecule is O=C(OCC12CCCN(CCC1)C2)c1c[nH]c2ccccc12. The Hall–Kier alpha value is -1.81. The Kier molecular flexibility index (Phi) is 3.41. The van der Waals surface area contributed by atoms with Gasteiger partial charge in [0.05, 0.1) is 12.2 Å². The van der Waals surface area contributed by atoms with Crippen molar-refractivity contribution in [2.45, 2.75) is 25.7 Å². The fourth-order valence-electron chi connectivity index (χ4n) is 4.11. The molecule has 2 bridgehead atoms. The normalized spacial score (nSPS) is 27.7. The fourth-order valence-corrected chi connectivity index (χ4v) is 4.11. The number of nitrogens with one attached hydrogen (secondary N) is 1. The molecule has 0 radical (unpaired) electrons. The first-order valence-electron chi connectivity index (χ1n) is 8.21. The average molecular weight is 298 g/mol. The number of H-pyrrole nitrogens is 1. The Morgan fingerprint density at radius 1 is 1.23 bits per heavy atom. The number of piperidine rings is 2. The van der Waals surface area contributed by atoms with Crippen molar-refractivity contribution in [1.29, 1.82) is 0 Å². The molecule has 2 fully saturated rings. The zero-order chi connectivity index (χ0) is 15.0. The molecular formula is C18H22N2O2. The molecule has 3 heterocycles. The molecule has 1 aromatic heterocycles. The van der Waals surface area contributed by atoms with E-state index in [1.54, 1.807) is 6.20 Å². The van der Waals surface area contributed by atoms with Gasteiger partial charge in [0.2, 0.25) is 0 Å². The predicted octanol–water partition coefficient (Wildman–Crippen LogP) is 3.20. The summed E-state index contributed by atoms with van der Waals surface area (Å²) in [6, 6.07) is 7.85. The fraction of sp³-hybridized carbons (Fsp3) is 0.500. The number of carbonyl (C=O) groups is 1. The summed E-state index contributed by atoms with van der Waals surface area (Å²) in [6.07, 6.45) is 6.59. The molecule has 0 atom stereocenters. The van der Waals surface area contributed by atoms with Gasteiger partial charge in [-0.1, -0.05) is 18.2 Å². The van der Waals surface area contributed by atoms with Gasteiger partial charge in [-0.3, -0.25) is 0 Å². The number of aromatic nitrogens is 1. The second-order valence-electron chi connectivity index (χ2n) is 6.81. The third kappa shape index (κ3) is 2.41. The van der Waals surface area contributed by atoms with Gasteiger partial charge < -0.3 is 14.6 Å². The lowest BCUT2D eigenvalue weighted by atomic mass is 9.74. The zero-order valence-electron chi connectivity index (χ0n) is 12.8. The predicted molar refractivity (Wildman–Crippen MR) is 85.9 cm³/mol. The van der Waals surface area contributed by atoms with Crippen molar-refractivity contribution in [3.63, 3.8) is 0 Å². The van der Waals surface area contributed by atoms with Gasteiger partial charge in [0.15, 0.2) is 0 Å². The molecule has 4 rings (SSSR count). The summed E-state index contributed by atoms with van der Waals surface area (Å²) in [6.45, 7) is 4.06. The van der Waals surface area contributed by atoms with E-state index < -0.39 is 0 Å². The maximum Gasteiger partial charge on any atom is 0.340 e.